The molecule has 6 heteroatoms. The number of hydrogen-bond acceptors (Lipinski definition) is 2. The summed E-state index contributed by atoms with van der Waals surface area (Å²) in [6.07, 6.45) is -0.0919. The van der Waals surface area contributed by atoms with Gasteiger partial charge in [-0.25, -0.2) is 0 Å². The first kappa shape index (κ1) is 16.8. The summed E-state index contributed by atoms with van der Waals surface area (Å²) in [6, 6.07) is 4.13. The van der Waals surface area contributed by atoms with E-state index in [1.807, 2.05) is 0 Å². The van der Waals surface area contributed by atoms with Gasteiger partial charge in [0.2, 0.25) is 0 Å². The minimum atomic E-state index is -4.37. The third kappa shape index (κ3) is 3.99. The molecule has 0 bridgehead atoms. The molecule has 1 aliphatic carbocycles. The Bertz CT molecular complexity index is 490. The van der Waals surface area contributed by atoms with E-state index in [9.17, 15) is 13.2 Å². The smallest absolute Gasteiger partial charge is 0.271 e. The zero-order valence-electron chi connectivity index (χ0n) is 11.9. The fraction of sp³-hybridized carbons (Fsp3) is 0.600. The average molecular weight is 365 g/mol. The van der Waals surface area contributed by atoms with E-state index in [0.717, 1.165) is 19.3 Å². The highest BCUT2D eigenvalue weighted by atomic mass is 79.9. The fourth-order valence-electron chi connectivity index (χ4n) is 3.24. The molecular formula is C15H20BrF3N2. The van der Waals surface area contributed by atoms with Crippen LogP contribution in [0, 0.1) is 11.8 Å². The largest absolute Gasteiger partial charge is 0.417 e. The molecule has 0 saturated heterocycles. The molecule has 2 nitrogen and oxygen atoms in total. The summed E-state index contributed by atoms with van der Waals surface area (Å²) in [5.41, 5.74) is 2.68. The molecule has 3 atom stereocenters. The van der Waals surface area contributed by atoms with Crippen molar-refractivity contribution >= 4 is 15.9 Å². The van der Waals surface area contributed by atoms with E-state index in [1.165, 1.54) is 18.6 Å². The number of alkyl halides is 3. The van der Waals surface area contributed by atoms with E-state index >= 15 is 0 Å². The quantitative estimate of drug-likeness (QED) is 0.597. The molecule has 0 aromatic heterocycles. The van der Waals surface area contributed by atoms with Crippen molar-refractivity contribution in [2.75, 3.05) is 0 Å². The van der Waals surface area contributed by atoms with Crippen molar-refractivity contribution in [3.63, 3.8) is 0 Å². The molecular weight excluding hydrogens is 345 g/mol. The minimum absolute atomic E-state index is 0.0616. The van der Waals surface area contributed by atoms with Gasteiger partial charge < -0.3 is 0 Å². The number of nitrogens with one attached hydrogen (secondary N) is 1. The average Bonchev–Trinajstić information content (AvgIpc) is 2.40. The highest BCUT2D eigenvalue weighted by molar-refractivity contribution is 9.10. The van der Waals surface area contributed by atoms with Gasteiger partial charge in [-0.2, -0.15) is 13.2 Å². The zero-order chi connectivity index (χ0) is 15.6. The van der Waals surface area contributed by atoms with Gasteiger partial charge in [-0.3, -0.25) is 11.3 Å². The van der Waals surface area contributed by atoms with Crippen LogP contribution < -0.4 is 11.3 Å². The Morgan fingerprint density at radius 3 is 2.62 bits per heavy atom. The van der Waals surface area contributed by atoms with E-state index in [2.05, 4.69) is 28.3 Å². The Balaban J connectivity index is 2.30. The number of rotatable bonds is 3. The Kier molecular flexibility index (Phi) is 5.33. The van der Waals surface area contributed by atoms with E-state index < -0.39 is 11.7 Å². The van der Waals surface area contributed by atoms with Gasteiger partial charge in [0.1, 0.15) is 0 Å². The summed E-state index contributed by atoms with van der Waals surface area (Å²) in [6.45, 7) is 2.18. The standard InChI is InChI=1S/C15H20BrF3N2/c1-9-3-2-4-10(7-9)14(21-20)11-5-6-13(16)12(8-11)15(17,18)19/h5-6,8-10,14,21H,2-4,7,20H2,1H3. The summed E-state index contributed by atoms with van der Waals surface area (Å²) < 4.78 is 39.1. The van der Waals surface area contributed by atoms with Gasteiger partial charge in [-0.1, -0.05) is 41.8 Å². The van der Waals surface area contributed by atoms with Crippen LogP contribution in [0.1, 0.15) is 49.8 Å². The van der Waals surface area contributed by atoms with E-state index in [0.29, 0.717) is 11.5 Å². The molecule has 3 unspecified atom stereocenters. The lowest BCUT2D eigenvalue weighted by atomic mass is 9.77. The highest BCUT2D eigenvalue weighted by Gasteiger charge is 2.35. The highest BCUT2D eigenvalue weighted by Crippen LogP contribution is 2.40. The maximum absolute atomic E-state index is 13.0. The van der Waals surface area contributed by atoms with Crippen molar-refractivity contribution in [2.24, 2.45) is 17.7 Å². The molecule has 0 amide bonds. The molecule has 0 aliphatic heterocycles. The van der Waals surface area contributed by atoms with Crippen molar-refractivity contribution in [1.82, 2.24) is 5.43 Å². The van der Waals surface area contributed by atoms with E-state index in [1.54, 1.807) is 6.07 Å². The number of nitrogens with two attached hydrogens (primary N) is 1. The van der Waals surface area contributed by atoms with E-state index in [-0.39, 0.29) is 16.4 Å². The van der Waals surface area contributed by atoms with Crippen molar-refractivity contribution in [1.29, 1.82) is 0 Å². The van der Waals surface area contributed by atoms with Gasteiger partial charge in [-0.05, 0) is 42.4 Å². The maximum atomic E-state index is 13.0. The van der Waals surface area contributed by atoms with Gasteiger partial charge in [0.25, 0.3) is 0 Å². The summed E-state index contributed by atoms with van der Waals surface area (Å²) in [5.74, 6) is 6.51. The third-order valence-corrected chi connectivity index (χ3v) is 4.97. The first-order chi connectivity index (χ1) is 9.82. The Hall–Kier alpha value is -0.590. The van der Waals surface area contributed by atoms with Gasteiger partial charge in [-0.15, -0.1) is 0 Å². The lowest BCUT2D eigenvalue weighted by Gasteiger charge is -2.33. The topological polar surface area (TPSA) is 38.0 Å². The molecule has 1 fully saturated rings. The molecule has 0 spiro atoms. The molecule has 0 radical (unpaired) electrons. The predicted octanol–water partition coefficient (Wildman–Crippen LogP) is 4.80. The SMILES string of the molecule is CC1CCCC(C(NN)c2ccc(Br)c(C(F)(F)F)c2)C1. The van der Waals surface area contributed by atoms with Gasteiger partial charge in [0.15, 0.2) is 0 Å². The number of hydrazine groups is 1. The van der Waals surface area contributed by atoms with Gasteiger partial charge in [0.05, 0.1) is 5.56 Å². The van der Waals surface area contributed by atoms with Crippen LogP contribution in [0.4, 0.5) is 13.2 Å². The van der Waals surface area contributed by atoms with Crippen LogP contribution in [0.3, 0.4) is 0 Å². The van der Waals surface area contributed by atoms with Crippen LogP contribution in [-0.2, 0) is 6.18 Å². The molecule has 3 N–H and O–H groups in total. The maximum Gasteiger partial charge on any atom is 0.417 e. The fourth-order valence-corrected chi connectivity index (χ4v) is 3.71. The van der Waals surface area contributed by atoms with Crippen LogP contribution in [0.25, 0.3) is 0 Å². The minimum Gasteiger partial charge on any atom is -0.271 e. The molecule has 2 rings (SSSR count). The Labute approximate surface area is 131 Å². The molecule has 0 heterocycles. The van der Waals surface area contributed by atoms with Crippen LogP contribution in [0.2, 0.25) is 0 Å². The second-order valence-corrected chi connectivity index (χ2v) is 6.77. The number of hydrogen-bond donors (Lipinski definition) is 2. The van der Waals surface area contributed by atoms with Crippen LogP contribution in [0.5, 0.6) is 0 Å². The van der Waals surface area contributed by atoms with Crippen molar-refractivity contribution in [3.8, 4) is 0 Å². The van der Waals surface area contributed by atoms with Crippen LogP contribution in [0.15, 0.2) is 22.7 Å². The number of benzene rings is 1. The van der Waals surface area contributed by atoms with Crippen LogP contribution >= 0.6 is 15.9 Å². The lowest BCUT2D eigenvalue weighted by Crippen LogP contribution is -2.35. The first-order valence-corrected chi connectivity index (χ1v) is 7.95. The summed E-state index contributed by atoms with van der Waals surface area (Å²) in [4.78, 5) is 0. The second kappa shape index (κ2) is 6.67. The third-order valence-electron chi connectivity index (χ3n) is 4.28. The number of halogens is 4. The monoisotopic (exact) mass is 364 g/mol. The zero-order valence-corrected chi connectivity index (χ0v) is 13.5. The molecule has 1 aromatic rings. The summed E-state index contributed by atoms with van der Waals surface area (Å²) in [7, 11) is 0. The van der Waals surface area contributed by atoms with Crippen molar-refractivity contribution in [2.45, 2.75) is 44.8 Å². The molecule has 1 saturated carbocycles. The summed E-state index contributed by atoms with van der Waals surface area (Å²) in [5, 5.41) is 0. The molecule has 1 aliphatic rings. The Morgan fingerprint density at radius 2 is 2.05 bits per heavy atom. The summed E-state index contributed by atoms with van der Waals surface area (Å²) >= 11 is 2.97. The molecule has 118 valence electrons. The van der Waals surface area contributed by atoms with Crippen molar-refractivity contribution < 1.29 is 13.2 Å². The van der Waals surface area contributed by atoms with Crippen molar-refractivity contribution in [3.05, 3.63) is 33.8 Å². The van der Waals surface area contributed by atoms with Crippen LogP contribution in [-0.4, -0.2) is 0 Å². The Morgan fingerprint density at radius 1 is 1.33 bits per heavy atom. The second-order valence-electron chi connectivity index (χ2n) is 5.91. The van der Waals surface area contributed by atoms with Gasteiger partial charge >= 0.3 is 6.18 Å². The normalized spacial score (nSPS) is 24.9. The molecule has 1 aromatic carbocycles. The molecule has 21 heavy (non-hydrogen) atoms. The van der Waals surface area contributed by atoms with Gasteiger partial charge in [0, 0.05) is 10.5 Å². The first-order valence-electron chi connectivity index (χ1n) is 7.15. The predicted molar refractivity (Wildman–Crippen MR) is 80.3 cm³/mol. The van der Waals surface area contributed by atoms with E-state index in [4.69, 9.17) is 5.84 Å². The lowest BCUT2D eigenvalue weighted by molar-refractivity contribution is -0.138.